The summed E-state index contributed by atoms with van der Waals surface area (Å²) >= 11 is 1.63. The van der Waals surface area contributed by atoms with Crippen molar-refractivity contribution in [2.45, 2.75) is 39.7 Å². The maximum Gasteiger partial charge on any atom is 0.238 e. The summed E-state index contributed by atoms with van der Waals surface area (Å²) in [6, 6.07) is 9.72. The topological polar surface area (TPSA) is 85.4 Å². The minimum Gasteiger partial charge on any atom is -0.493 e. The molecule has 0 aliphatic carbocycles. The number of sulfonamides is 1. The number of ether oxygens (including phenoxy) is 3. The monoisotopic (exact) mass is 526 g/mol. The van der Waals surface area contributed by atoms with Crippen LogP contribution >= 0.6 is 11.3 Å². The van der Waals surface area contributed by atoms with Crippen LogP contribution in [0, 0.1) is 6.92 Å². The van der Waals surface area contributed by atoms with Crippen molar-refractivity contribution in [3.63, 3.8) is 0 Å². The highest BCUT2D eigenvalue weighted by molar-refractivity contribution is 7.89. The molecule has 10 heteroatoms. The van der Waals surface area contributed by atoms with E-state index in [4.69, 9.17) is 14.2 Å². The van der Waals surface area contributed by atoms with Crippen LogP contribution in [0.4, 0.5) is 0 Å². The highest BCUT2D eigenvalue weighted by Crippen LogP contribution is 2.28. The van der Waals surface area contributed by atoms with E-state index in [0.29, 0.717) is 37.4 Å². The van der Waals surface area contributed by atoms with Crippen LogP contribution in [0.5, 0.6) is 11.5 Å². The van der Waals surface area contributed by atoms with E-state index in [-0.39, 0.29) is 31.4 Å². The minimum absolute atomic E-state index is 0.0241. The van der Waals surface area contributed by atoms with Gasteiger partial charge >= 0.3 is 0 Å². The second-order valence-electron chi connectivity index (χ2n) is 8.26. The van der Waals surface area contributed by atoms with Gasteiger partial charge in [0.2, 0.25) is 15.9 Å². The van der Waals surface area contributed by atoms with Crippen molar-refractivity contribution >= 4 is 27.3 Å². The number of methoxy groups -OCH3 is 3. The van der Waals surface area contributed by atoms with Crippen molar-refractivity contribution in [1.82, 2.24) is 9.21 Å². The molecule has 0 aliphatic heterocycles. The van der Waals surface area contributed by atoms with E-state index < -0.39 is 10.0 Å². The van der Waals surface area contributed by atoms with Gasteiger partial charge in [-0.15, -0.1) is 11.3 Å². The van der Waals surface area contributed by atoms with Crippen LogP contribution in [0.3, 0.4) is 0 Å². The van der Waals surface area contributed by atoms with Gasteiger partial charge in [-0.05, 0) is 49.6 Å². The summed E-state index contributed by atoms with van der Waals surface area (Å²) in [5, 5.41) is 0. The predicted octanol–water partition coefficient (Wildman–Crippen LogP) is 3.72. The molecule has 8 nitrogen and oxygen atoms in total. The van der Waals surface area contributed by atoms with Crippen molar-refractivity contribution in [3.05, 3.63) is 45.6 Å². The molecule has 0 saturated carbocycles. The van der Waals surface area contributed by atoms with Crippen molar-refractivity contribution in [2.75, 3.05) is 53.3 Å². The summed E-state index contributed by atoms with van der Waals surface area (Å²) < 4.78 is 42.9. The highest BCUT2D eigenvalue weighted by Gasteiger charge is 2.26. The average molecular weight is 527 g/mol. The third kappa shape index (κ3) is 9.10. The molecule has 0 atom stereocenters. The van der Waals surface area contributed by atoms with Crippen LogP contribution in [-0.2, 0) is 32.5 Å². The number of nitrogens with zero attached hydrogens (tertiary/aromatic N) is 2. The lowest BCUT2D eigenvalue weighted by Gasteiger charge is -2.27. The molecule has 0 bridgehead atoms. The number of aryl methyl sites for hydroxylation is 1. The lowest BCUT2D eigenvalue weighted by Crippen LogP contribution is -2.45. The maximum absolute atomic E-state index is 13.4. The Bertz CT molecular complexity index is 1040. The Morgan fingerprint density at radius 2 is 1.77 bits per heavy atom. The first-order valence-electron chi connectivity index (χ1n) is 11.7. The number of carbonyl (C=O) groups is 1. The smallest absolute Gasteiger partial charge is 0.238 e. The third-order valence-electron chi connectivity index (χ3n) is 5.62. The van der Waals surface area contributed by atoms with Crippen molar-refractivity contribution in [2.24, 2.45) is 0 Å². The first-order chi connectivity index (χ1) is 16.7. The van der Waals surface area contributed by atoms with E-state index in [9.17, 15) is 13.2 Å². The molecule has 1 aromatic carbocycles. The normalized spacial score (nSPS) is 11.6. The van der Waals surface area contributed by atoms with E-state index in [2.05, 4.69) is 0 Å². The number of rotatable bonds is 16. The summed E-state index contributed by atoms with van der Waals surface area (Å²) in [4.78, 5) is 17.4. The molecular weight excluding hydrogens is 488 g/mol. The first kappa shape index (κ1) is 29.1. The molecule has 0 aliphatic rings. The summed E-state index contributed by atoms with van der Waals surface area (Å²) in [5.41, 5.74) is 0.995. The molecule has 2 rings (SSSR count). The second kappa shape index (κ2) is 14.4. The molecule has 0 unspecified atom stereocenters. The largest absolute Gasteiger partial charge is 0.493 e. The first-order valence-corrected chi connectivity index (χ1v) is 14.2. The van der Waals surface area contributed by atoms with Crippen LogP contribution in [0.15, 0.2) is 30.3 Å². The van der Waals surface area contributed by atoms with Crippen molar-refractivity contribution in [1.29, 1.82) is 0 Å². The SMILES string of the molecule is CCCCS(=O)(=O)N(CCOC)CC(=O)N(CCc1ccc(OC)c(OC)c1)Cc1ccc(C)s1. The number of amides is 1. The molecule has 0 radical (unpaired) electrons. The fraction of sp³-hybridized carbons (Fsp3) is 0.560. The molecule has 35 heavy (non-hydrogen) atoms. The van der Waals surface area contributed by atoms with E-state index in [0.717, 1.165) is 21.7 Å². The van der Waals surface area contributed by atoms with E-state index in [1.807, 2.05) is 44.2 Å². The van der Waals surface area contributed by atoms with Gasteiger partial charge in [-0.1, -0.05) is 19.4 Å². The summed E-state index contributed by atoms with van der Waals surface area (Å²) in [7, 11) is 1.14. The lowest BCUT2D eigenvalue weighted by atomic mass is 10.1. The minimum atomic E-state index is -3.56. The standard InChI is InChI=1S/C25H38N2O6S2/c1-6-7-16-35(29,30)27(14-15-31-3)19-25(28)26(18-22-10-8-20(2)34-22)13-12-21-9-11-23(32-4)24(17-21)33-5/h8-11,17H,6-7,12-16,18-19H2,1-5H3. The second-order valence-corrected chi connectivity index (χ2v) is 11.7. The Kier molecular flexibility index (Phi) is 12.0. The predicted molar refractivity (Wildman–Crippen MR) is 140 cm³/mol. The molecule has 2 aromatic rings. The van der Waals surface area contributed by atoms with E-state index in [1.165, 1.54) is 11.4 Å². The molecule has 0 saturated heterocycles. The van der Waals surface area contributed by atoms with Gasteiger partial charge in [-0.2, -0.15) is 4.31 Å². The zero-order valence-corrected chi connectivity index (χ0v) is 23.0. The molecule has 0 N–H and O–H groups in total. The summed E-state index contributed by atoms with van der Waals surface area (Å²) in [6.07, 6.45) is 1.91. The summed E-state index contributed by atoms with van der Waals surface area (Å²) in [6.45, 7) is 5.02. The van der Waals surface area contributed by atoms with E-state index >= 15 is 0 Å². The lowest BCUT2D eigenvalue weighted by molar-refractivity contribution is -0.132. The van der Waals surface area contributed by atoms with Crippen LogP contribution in [-0.4, -0.2) is 76.9 Å². The van der Waals surface area contributed by atoms with Gasteiger partial charge < -0.3 is 19.1 Å². The molecule has 0 fully saturated rings. The molecule has 0 spiro atoms. The van der Waals surface area contributed by atoms with Gasteiger partial charge in [-0.25, -0.2) is 8.42 Å². The number of benzene rings is 1. The Morgan fingerprint density at radius 3 is 2.37 bits per heavy atom. The Hall–Kier alpha value is -2.14. The number of thiophene rings is 1. The van der Waals surface area contributed by atoms with Gasteiger partial charge in [0.25, 0.3) is 0 Å². The van der Waals surface area contributed by atoms with Crippen molar-refractivity contribution < 1.29 is 27.4 Å². The number of unbranched alkanes of at least 4 members (excludes halogenated alkanes) is 1. The van der Waals surface area contributed by atoms with Crippen LogP contribution in [0.2, 0.25) is 0 Å². The van der Waals surface area contributed by atoms with Crippen molar-refractivity contribution in [3.8, 4) is 11.5 Å². The fourth-order valence-electron chi connectivity index (χ4n) is 3.57. The Morgan fingerprint density at radius 1 is 1.03 bits per heavy atom. The molecule has 1 aromatic heterocycles. The highest BCUT2D eigenvalue weighted by atomic mass is 32.2. The maximum atomic E-state index is 13.4. The van der Waals surface area contributed by atoms with Crippen LogP contribution in [0.1, 0.15) is 35.1 Å². The quantitative estimate of drug-likeness (QED) is 0.331. The average Bonchev–Trinajstić information content (AvgIpc) is 3.26. The summed E-state index contributed by atoms with van der Waals surface area (Å²) in [5.74, 6) is 1.07. The third-order valence-corrected chi connectivity index (χ3v) is 8.51. The molecule has 1 amide bonds. The van der Waals surface area contributed by atoms with E-state index in [1.54, 1.807) is 30.5 Å². The molecular formula is C25H38N2O6S2. The van der Waals surface area contributed by atoms with Crippen LogP contribution < -0.4 is 9.47 Å². The van der Waals surface area contributed by atoms with Gasteiger partial charge in [0.05, 0.1) is 39.7 Å². The van der Waals surface area contributed by atoms with Gasteiger partial charge in [-0.3, -0.25) is 4.79 Å². The van der Waals surface area contributed by atoms with Crippen LogP contribution in [0.25, 0.3) is 0 Å². The number of hydrogen-bond acceptors (Lipinski definition) is 7. The zero-order chi connectivity index (χ0) is 25.8. The van der Waals surface area contributed by atoms with Gasteiger partial charge in [0, 0.05) is 30.0 Å². The molecule has 196 valence electrons. The van der Waals surface area contributed by atoms with Gasteiger partial charge in [0.15, 0.2) is 11.5 Å². The Balaban J connectivity index is 2.21. The molecule has 1 heterocycles. The Labute approximate surface area is 213 Å². The zero-order valence-electron chi connectivity index (χ0n) is 21.4. The number of hydrogen-bond donors (Lipinski definition) is 0. The fourth-order valence-corrected chi connectivity index (χ4v) is 6.04. The number of carbonyl (C=O) groups excluding carboxylic acids is 1. The van der Waals surface area contributed by atoms with Gasteiger partial charge in [0.1, 0.15) is 0 Å².